The number of imide groups is 2. The quantitative estimate of drug-likeness (QED) is 0.653. The van der Waals surface area contributed by atoms with Crippen LogP contribution in [0, 0.1) is 0 Å². The van der Waals surface area contributed by atoms with E-state index < -0.39 is 35.8 Å². The highest BCUT2D eigenvalue weighted by Crippen LogP contribution is 2.30. The van der Waals surface area contributed by atoms with Gasteiger partial charge in [-0.3, -0.25) is 29.4 Å². The Kier molecular flexibility index (Phi) is 4.22. The molecule has 1 aromatic rings. The zero-order valence-corrected chi connectivity index (χ0v) is 13.1. The summed E-state index contributed by atoms with van der Waals surface area (Å²) in [5, 5.41) is 13.0. The van der Waals surface area contributed by atoms with Gasteiger partial charge in [-0.05, 0) is 24.5 Å². The molecule has 2 heterocycles. The minimum atomic E-state index is -1.18. The van der Waals surface area contributed by atoms with E-state index in [1.165, 1.54) is 6.07 Å². The van der Waals surface area contributed by atoms with E-state index in [1.807, 2.05) is 0 Å². The molecular weight excluding hydrogens is 330 g/mol. The Labute approximate surface area is 142 Å². The van der Waals surface area contributed by atoms with Crippen LogP contribution < -0.4 is 10.6 Å². The van der Waals surface area contributed by atoms with Crippen molar-refractivity contribution in [3.05, 3.63) is 34.9 Å². The molecule has 1 fully saturated rings. The average molecular weight is 345 g/mol. The van der Waals surface area contributed by atoms with Gasteiger partial charge in [-0.15, -0.1) is 0 Å². The van der Waals surface area contributed by atoms with Crippen LogP contribution in [0.1, 0.15) is 39.1 Å². The van der Waals surface area contributed by atoms with Gasteiger partial charge in [0.25, 0.3) is 11.8 Å². The van der Waals surface area contributed by atoms with E-state index >= 15 is 0 Å². The summed E-state index contributed by atoms with van der Waals surface area (Å²) in [6.45, 7) is 0.0890. The minimum Gasteiger partial charge on any atom is -0.465 e. The molecular formula is C16H15N3O6. The molecule has 9 nitrogen and oxygen atoms in total. The van der Waals surface area contributed by atoms with Gasteiger partial charge in [0.1, 0.15) is 6.04 Å². The van der Waals surface area contributed by atoms with Gasteiger partial charge in [0.2, 0.25) is 11.8 Å². The molecule has 3 N–H and O–H groups in total. The molecule has 1 saturated heterocycles. The van der Waals surface area contributed by atoms with Crippen molar-refractivity contribution in [2.24, 2.45) is 0 Å². The fourth-order valence-corrected chi connectivity index (χ4v) is 3.10. The number of fused-ring (bicyclic) bond motifs is 1. The molecule has 1 aromatic carbocycles. The van der Waals surface area contributed by atoms with Gasteiger partial charge in [0, 0.05) is 13.0 Å². The number of rotatable bonds is 4. The topological polar surface area (TPSA) is 133 Å². The van der Waals surface area contributed by atoms with E-state index in [4.69, 9.17) is 5.11 Å². The number of hydrogen-bond acceptors (Lipinski definition) is 5. The largest absolute Gasteiger partial charge is 0.465 e. The lowest BCUT2D eigenvalue weighted by Gasteiger charge is -2.27. The molecule has 0 bridgehead atoms. The molecule has 9 heteroatoms. The molecule has 0 aromatic heterocycles. The van der Waals surface area contributed by atoms with Crippen molar-refractivity contribution in [2.75, 3.05) is 6.54 Å². The van der Waals surface area contributed by atoms with Gasteiger partial charge in [0.15, 0.2) is 0 Å². The lowest BCUT2D eigenvalue weighted by atomic mass is 10.0. The van der Waals surface area contributed by atoms with Crippen molar-refractivity contribution >= 4 is 29.7 Å². The lowest BCUT2D eigenvalue weighted by Crippen LogP contribution is -2.54. The number of carbonyl (C=O) groups is 5. The third-order valence-electron chi connectivity index (χ3n) is 4.22. The highest BCUT2D eigenvalue weighted by atomic mass is 16.4. The first-order valence-electron chi connectivity index (χ1n) is 7.70. The van der Waals surface area contributed by atoms with E-state index in [-0.39, 0.29) is 36.9 Å². The van der Waals surface area contributed by atoms with Crippen LogP contribution in [0.2, 0.25) is 0 Å². The molecule has 0 spiro atoms. The van der Waals surface area contributed by atoms with Gasteiger partial charge < -0.3 is 10.4 Å². The van der Waals surface area contributed by atoms with Gasteiger partial charge >= 0.3 is 6.09 Å². The molecule has 130 valence electrons. The number of nitrogens with one attached hydrogen (secondary N) is 2. The van der Waals surface area contributed by atoms with E-state index in [0.717, 1.165) is 4.90 Å². The maximum Gasteiger partial charge on any atom is 0.404 e. The van der Waals surface area contributed by atoms with Crippen molar-refractivity contribution < 1.29 is 29.1 Å². The first-order chi connectivity index (χ1) is 11.9. The fourth-order valence-electron chi connectivity index (χ4n) is 3.10. The maximum atomic E-state index is 12.8. The van der Waals surface area contributed by atoms with E-state index in [2.05, 4.69) is 10.6 Å². The molecule has 1 unspecified atom stereocenters. The van der Waals surface area contributed by atoms with Crippen molar-refractivity contribution in [2.45, 2.75) is 25.3 Å². The van der Waals surface area contributed by atoms with Crippen molar-refractivity contribution in [3.63, 3.8) is 0 Å². The zero-order chi connectivity index (χ0) is 18.1. The fraction of sp³-hybridized carbons (Fsp3) is 0.312. The highest BCUT2D eigenvalue weighted by Gasteiger charge is 2.45. The van der Waals surface area contributed by atoms with Crippen LogP contribution in [-0.4, -0.2) is 52.3 Å². The Morgan fingerprint density at radius 1 is 1.24 bits per heavy atom. The molecule has 2 aliphatic heterocycles. The third-order valence-corrected chi connectivity index (χ3v) is 4.22. The van der Waals surface area contributed by atoms with Crippen molar-refractivity contribution in [1.82, 2.24) is 15.5 Å². The summed E-state index contributed by atoms with van der Waals surface area (Å²) in [5.74, 6) is -2.28. The second-order valence-corrected chi connectivity index (χ2v) is 5.77. The monoisotopic (exact) mass is 345 g/mol. The third kappa shape index (κ3) is 2.95. The molecule has 25 heavy (non-hydrogen) atoms. The average Bonchev–Trinajstić information content (AvgIpc) is 2.80. The molecule has 2 aliphatic rings. The van der Waals surface area contributed by atoms with E-state index in [1.54, 1.807) is 12.1 Å². The smallest absolute Gasteiger partial charge is 0.404 e. The Hall–Kier alpha value is -3.23. The molecule has 0 radical (unpaired) electrons. The standard InChI is InChI=1S/C16H15N3O6/c20-11-5-4-10(13(21)18-11)19-14(22)9-3-1-2-8(12(9)15(19)23)6-7-17-16(24)25/h1-3,10,17H,4-7H2,(H,24,25)(H,18,20,21). The molecule has 3 rings (SSSR count). The second-order valence-electron chi connectivity index (χ2n) is 5.77. The molecule has 0 aliphatic carbocycles. The Balaban J connectivity index is 1.87. The predicted octanol–water partition coefficient (Wildman–Crippen LogP) is -0.102. The van der Waals surface area contributed by atoms with Crippen LogP contribution in [-0.2, 0) is 16.0 Å². The summed E-state index contributed by atoms with van der Waals surface area (Å²) in [6.07, 6.45) is -0.803. The van der Waals surface area contributed by atoms with Crippen LogP contribution in [0.3, 0.4) is 0 Å². The summed E-state index contributed by atoms with van der Waals surface area (Å²) in [5.41, 5.74) is 0.895. The normalized spacial score (nSPS) is 19.7. The van der Waals surface area contributed by atoms with Gasteiger partial charge in [-0.2, -0.15) is 0 Å². The van der Waals surface area contributed by atoms with Gasteiger partial charge in [-0.25, -0.2) is 4.79 Å². The van der Waals surface area contributed by atoms with E-state index in [0.29, 0.717) is 5.56 Å². The number of carbonyl (C=O) groups excluding carboxylic acids is 4. The highest BCUT2D eigenvalue weighted by molar-refractivity contribution is 6.24. The summed E-state index contributed by atoms with van der Waals surface area (Å²) in [7, 11) is 0. The molecule has 1 atom stereocenters. The number of hydrogen-bond donors (Lipinski definition) is 3. The first kappa shape index (κ1) is 16.6. The maximum absolute atomic E-state index is 12.8. The zero-order valence-electron chi connectivity index (χ0n) is 13.1. The molecule has 5 amide bonds. The van der Waals surface area contributed by atoms with Gasteiger partial charge in [0.05, 0.1) is 11.1 Å². The van der Waals surface area contributed by atoms with Crippen molar-refractivity contribution in [3.8, 4) is 0 Å². The Bertz CT molecular complexity index is 803. The van der Waals surface area contributed by atoms with Crippen LogP contribution in [0.4, 0.5) is 4.79 Å². The minimum absolute atomic E-state index is 0.0548. The summed E-state index contributed by atoms with van der Waals surface area (Å²) in [4.78, 5) is 60.1. The summed E-state index contributed by atoms with van der Waals surface area (Å²) >= 11 is 0. The lowest BCUT2D eigenvalue weighted by molar-refractivity contribution is -0.136. The van der Waals surface area contributed by atoms with Crippen LogP contribution in [0.5, 0.6) is 0 Å². The summed E-state index contributed by atoms with van der Waals surface area (Å²) in [6, 6.07) is 3.72. The van der Waals surface area contributed by atoms with Crippen LogP contribution in [0.15, 0.2) is 18.2 Å². The number of carboxylic acid groups (broad SMARTS) is 1. The number of amides is 5. The summed E-state index contributed by atoms with van der Waals surface area (Å²) < 4.78 is 0. The van der Waals surface area contributed by atoms with Crippen LogP contribution >= 0.6 is 0 Å². The second kappa shape index (κ2) is 6.34. The molecule has 0 saturated carbocycles. The SMILES string of the molecule is O=C(O)NCCc1cccc2c1C(=O)N(C1CCC(=O)NC1=O)C2=O. The van der Waals surface area contributed by atoms with Gasteiger partial charge in [-0.1, -0.05) is 12.1 Å². The number of piperidine rings is 1. The Morgan fingerprint density at radius 3 is 2.68 bits per heavy atom. The Morgan fingerprint density at radius 2 is 2.00 bits per heavy atom. The first-order valence-corrected chi connectivity index (χ1v) is 7.70. The number of benzene rings is 1. The predicted molar refractivity (Wildman–Crippen MR) is 82.8 cm³/mol. The van der Waals surface area contributed by atoms with Crippen molar-refractivity contribution in [1.29, 1.82) is 0 Å². The number of nitrogens with zero attached hydrogens (tertiary/aromatic N) is 1. The van der Waals surface area contributed by atoms with E-state index in [9.17, 15) is 24.0 Å². The van der Waals surface area contributed by atoms with Crippen LogP contribution in [0.25, 0.3) is 0 Å².